The summed E-state index contributed by atoms with van der Waals surface area (Å²) in [6, 6.07) is 20.8. The first-order chi connectivity index (χ1) is 15.0. The van der Waals surface area contributed by atoms with E-state index in [2.05, 4.69) is 4.98 Å². The normalized spacial score (nSPS) is 10.9. The van der Waals surface area contributed by atoms with Crippen LogP contribution in [0.5, 0.6) is 6.01 Å². The number of nitrogen functional groups attached to an aromatic ring is 1. The predicted molar refractivity (Wildman–Crippen MR) is 120 cm³/mol. The summed E-state index contributed by atoms with van der Waals surface area (Å²) < 4.78 is 7.48. The SMILES string of the molecule is CCOc1nc2cccc(C(=O)O)c2n1Cc1ccc(-c2ccccc2C(=N)N)cc1. The lowest BCUT2D eigenvalue weighted by Gasteiger charge is -2.12. The molecule has 0 aliphatic heterocycles. The van der Waals surface area contributed by atoms with Gasteiger partial charge in [0.25, 0.3) is 6.01 Å². The molecule has 7 heteroatoms. The van der Waals surface area contributed by atoms with Gasteiger partial charge in [-0.2, -0.15) is 4.98 Å². The molecule has 156 valence electrons. The number of amidine groups is 1. The Kier molecular flexibility index (Phi) is 5.41. The largest absolute Gasteiger partial charge is 0.478 e. The minimum Gasteiger partial charge on any atom is -0.478 e. The van der Waals surface area contributed by atoms with E-state index in [9.17, 15) is 9.90 Å². The van der Waals surface area contributed by atoms with Crippen LogP contribution in [0.25, 0.3) is 22.2 Å². The fourth-order valence-corrected chi connectivity index (χ4v) is 3.66. The van der Waals surface area contributed by atoms with Crippen molar-refractivity contribution in [2.45, 2.75) is 13.5 Å². The van der Waals surface area contributed by atoms with Gasteiger partial charge in [-0.1, -0.05) is 54.6 Å². The second-order valence-corrected chi connectivity index (χ2v) is 7.05. The van der Waals surface area contributed by atoms with Gasteiger partial charge in [0.05, 0.1) is 29.7 Å². The Morgan fingerprint density at radius 2 is 1.77 bits per heavy atom. The van der Waals surface area contributed by atoms with E-state index in [0.717, 1.165) is 16.7 Å². The Morgan fingerprint density at radius 3 is 2.45 bits per heavy atom. The van der Waals surface area contributed by atoms with Crippen LogP contribution in [0.3, 0.4) is 0 Å². The zero-order valence-corrected chi connectivity index (χ0v) is 17.0. The van der Waals surface area contributed by atoms with Gasteiger partial charge in [-0.25, -0.2) is 4.79 Å². The maximum absolute atomic E-state index is 11.8. The molecule has 0 spiro atoms. The molecule has 0 amide bonds. The van der Waals surface area contributed by atoms with Gasteiger partial charge in [-0.3, -0.25) is 9.98 Å². The number of benzene rings is 3. The van der Waals surface area contributed by atoms with E-state index in [1.165, 1.54) is 0 Å². The van der Waals surface area contributed by atoms with Crippen LogP contribution in [0.15, 0.2) is 66.7 Å². The number of aromatic nitrogens is 2. The molecule has 1 aromatic heterocycles. The third-order valence-corrected chi connectivity index (χ3v) is 5.06. The Balaban J connectivity index is 1.74. The number of nitrogens with one attached hydrogen (secondary N) is 1. The molecule has 0 aliphatic rings. The maximum atomic E-state index is 11.8. The highest BCUT2D eigenvalue weighted by Gasteiger charge is 2.19. The van der Waals surface area contributed by atoms with Crippen LogP contribution < -0.4 is 10.5 Å². The van der Waals surface area contributed by atoms with E-state index in [-0.39, 0.29) is 11.4 Å². The van der Waals surface area contributed by atoms with Crippen molar-refractivity contribution in [3.63, 3.8) is 0 Å². The lowest BCUT2D eigenvalue weighted by molar-refractivity contribution is 0.0698. The van der Waals surface area contributed by atoms with Crippen LogP contribution in [0.1, 0.15) is 28.4 Å². The van der Waals surface area contributed by atoms with Crippen LogP contribution in [0.4, 0.5) is 0 Å². The molecule has 0 saturated heterocycles. The number of imidazole rings is 1. The molecule has 1 heterocycles. The summed E-state index contributed by atoms with van der Waals surface area (Å²) in [4.78, 5) is 16.2. The van der Waals surface area contributed by atoms with Gasteiger partial charge >= 0.3 is 5.97 Å². The Labute approximate surface area is 179 Å². The molecule has 0 radical (unpaired) electrons. The number of carbonyl (C=O) groups is 1. The summed E-state index contributed by atoms with van der Waals surface area (Å²) in [6.07, 6.45) is 0. The maximum Gasteiger partial charge on any atom is 0.337 e. The highest BCUT2D eigenvalue weighted by Crippen LogP contribution is 2.28. The van der Waals surface area contributed by atoms with E-state index < -0.39 is 5.97 Å². The molecule has 3 aromatic carbocycles. The number of nitrogens with zero attached hydrogens (tertiary/aromatic N) is 2. The Bertz CT molecular complexity index is 1280. The van der Waals surface area contributed by atoms with Crippen LogP contribution >= 0.6 is 0 Å². The van der Waals surface area contributed by atoms with Crippen molar-refractivity contribution >= 4 is 22.8 Å². The van der Waals surface area contributed by atoms with Crippen molar-refractivity contribution in [3.05, 3.63) is 83.4 Å². The number of hydrogen-bond donors (Lipinski definition) is 3. The molecule has 0 fully saturated rings. The predicted octanol–water partition coefficient (Wildman–Crippen LogP) is 4.13. The van der Waals surface area contributed by atoms with Gasteiger partial charge in [-0.15, -0.1) is 0 Å². The van der Waals surface area contributed by atoms with E-state index in [0.29, 0.717) is 35.8 Å². The van der Waals surface area contributed by atoms with Crippen molar-refractivity contribution in [2.24, 2.45) is 5.73 Å². The summed E-state index contributed by atoms with van der Waals surface area (Å²) >= 11 is 0. The zero-order chi connectivity index (χ0) is 22.0. The van der Waals surface area contributed by atoms with Crippen molar-refractivity contribution < 1.29 is 14.6 Å². The molecule has 4 rings (SSSR count). The number of hydrogen-bond acceptors (Lipinski definition) is 4. The quantitative estimate of drug-likeness (QED) is 0.311. The molecule has 31 heavy (non-hydrogen) atoms. The smallest absolute Gasteiger partial charge is 0.337 e. The first-order valence-corrected chi connectivity index (χ1v) is 9.87. The summed E-state index contributed by atoms with van der Waals surface area (Å²) in [5, 5.41) is 17.4. The summed E-state index contributed by atoms with van der Waals surface area (Å²) in [5.74, 6) is -0.988. The molecular weight excluding hydrogens is 392 g/mol. The summed E-state index contributed by atoms with van der Waals surface area (Å²) in [7, 11) is 0. The number of rotatable bonds is 7. The molecular formula is C24H22N4O3. The lowest BCUT2D eigenvalue weighted by atomic mass is 9.98. The minimum absolute atomic E-state index is 0.0205. The molecule has 7 nitrogen and oxygen atoms in total. The highest BCUT2D eigenvalue weighted by molar-refractivity contribution is 6.02. The monoisotopic (exact) mass is 414 g/mol. The molecule has 0 aliphatic carbocycles. The number of carboxylic acids is 1. The number of para-hydroxylation sites is 1. The molecule has 0 saturated carbocycles. The third-order valence-electron chi connectivity index (χ3n) is 5.06. The number of carboxylic acid groups (broad SMARTS) is 1. The Hall–Kier alpha value is -4.13. The van der Waals surface area contributed by atoms with Gasteiger partial charge in [0.2, 0.25) is 0 Å². The van der Waals surface area contributed by atoms with E-state index >= 15 is 0 Å². The third kappa shape index (κ3) is 3.85. The van der Waals surface area contributed by atoms with Crippen LogP contribution in [-0.2, 0) is 6.54 Å². The van der Waals surface area contributed by atoms with Crippen molar-refractivity contribution in [3.8, 4) is 17.1 Å². The number of nitrogens with two attached hydrogens (primary N) is 1. The van der Waals surface area contributed by atoms with Crippen LogP contribution in [-0.4, -0.2) is 33.1 Å². The van der Waals surface area contributed by atoms with Gasteiger partial charge in [0, 0.05) is 5.56 Å². The van der Waals surface area contributed by atoms with E-state index in [1.807, 2.05) is 55.5 Å². The number of ether oxygens (including phenoxy) is 1. The van der Waals surface area contributed by atoms with E-state index in [4.69, 9.17) is 15.9 Å². The fourth-order valence-electron chi connectivity index (χ4n) is 3.66. The Morgan fingerprint density at radius 1 is 1.06 bits per heavy atom. The summed E-state index contributed by atoms with van der Waals surface area (Å²) in [5.41, 5.74) is 10.5. The van der Waals surface area contributed by atoms with Gasteiger partial charge < -0.3 is 15.6 Å². The highest BCUT2D eigenvalue weighted by atomic mass is 16.5. The summed E-state index contributed by atoms with van der Waals surface area (Å²) in [6.45, 7) is 2.69. The molecule has 0 unspecified atom stereocenters. The average Bonchev–Trinajstić information content (AvgIpc) is 3.11. The lowest BCUT2D eigenvalue weighted by Crippen LogP contribution is -2.12. The average molecular weight is 414 g/mol. The van der Waals surface area contributed by atoms with Crippen LogP contribution in [0.2, 0.25) is 0 Å². The molecule has 0 bridgehead atoms. The van der Waals surface area contributed by atoms with Crippen LogP contribution in [0, 0.1) is 5.41 Å². The second kappa shape index (κ2) is 8.31. The van der Waals surface area contributed by atoms with Gasteiger partial charge in [0.15, 0.2) is 0 Å². The van der Waals surface area contributed by atoms with Gasteiger partial charge in [-0.05, 0) is 35.7 Å². The second-order valence-electron chi connectivity index (χ2n) is 7.05. The molecule has 0 atom stereocenters. The van der Waals surface area contributed by atoms with Crippen molar-refractivity contribution in [1.82, 2.24) is 9.55 Å². The topological polar surface area (TPSA) is 114 Å². The first kappa shape index (κ1) is 20.2. The minimum atomic E-state index is -1.01. The number of fused-ring (bicyclic) bond motifs is 1. The number of aromatic carboxylic acids is 1. The molecule has 4 N–H and O–H groups in total. The van der Waals surface area contributed by atoms with Crippen molar-refractivity contribution in [2.75, 3.05) is 6.61 Å². The fraction of sp³-hybridized carbons (Fsp3) is 0.125. The van der Waals surface area contributed by atoms with Gasteiger partial charge in [0.1, 0.15) is 5.84 Å². The zero-order valence-electron chi connectivity index (χ0n) is 17.0. The first-order valence-electron chi connectivity index (χ1n) is 9.87. The standard InChI is InChI=1S/C24H22N4O3/c1-2-31-24-27-20-9-5-8-19(23(29)30)21(20)28(24)14-15-10-12-16(13-11-15)17-6-3-4-7-18(17)22(25)26/h3-13H,2,14H2,1H3,(H3,25,26)(H,29,30). The van der Waals surface area contributed by atoms with E-state index in [1.54, 1.807) is 22.8 Å². The van der Waals surface area contributed by atoms with Crippen molar-refractivity contribution in [1.29, 1.82) is 5.41 Å². The molecule has 4 aromatic rings.